The number of hydrogen-bond donors (Lipinski definition) is 4. The molecule has 6 heteroatoms. The molecule has 0 atom stereocenters. The van der Waals surface area contributed by atoms with E-state index in [2.05, 4.69) is 0 Å². The van der Waals surface area contributed by atoms with Crippen molar-refractivity contribution in [2.45, 2.75) is 12.2 Å². The van der Waals surface area contributed by atoms with Gasteiger partial charge in [0.05, 0.1) is 11.1 Å². The largest absolute Gasteiger partial charge is 0.478 e. The van der Waals surface area contributed by atoms with Crippen LogP contribution in [-0.4, -0.2) is 38.2 Å². The maximum absolute atomic E-state index is 10.8. The van der Waals surface area contributed by atoms with Crippen LogP contribution in [-0.2, 0) is 4.79 Å². The van der Waals surface area contributed by atoms with E-state index >= 15 is 0 Å². The van der Waals surface area contributed by atoms with Gasteiger partial charge in [-0.2, -0.15) is 0 Å². The monoisotopic (exact) mass is 276 g/mol. The molecule has 0 unspecified atom stereocenters. The van der Waals surface area contributed by atoms with Gasteiger partial charge in [0.1, 0.15) is 0 Å². The number of aliphatic carboxylic acids is 1. The molecule has 20 heavy (non-hydrogen) atoms. The van der Waals surface area contributed by atoms with Crippen molar-refractivity contribution >= 4 is 17.5 Å². The van der Waals surface area contributed by atoms with Gasteiger partial charge < -0.3 is 20.4 Å². The lowest BCUT2D eigenvalue weighted by Gasteiger charge is -2.26. The number of benzene rings is 1. The summed E-state index contributed by atoms with van der Waals surface area (Å²) >= 11 is 0. The highest BCUT2D eigenvalue weighted by Gasteiger charge is 2.36. The fourth-order valence-electron chi connectivity index (χ4n) is 2.00. The molecular formula is C14H12O6. The quantitative estimate of drug-likeness (QED) is 0.609. The van der Waals surface area contributed by atoms with Gasteiger partial charge in [0, 0.05) is 6.42 Å². The number of hydrogen-bond acceptors (Lipinski definition) is 4. The van der Waals surface area contributed by atoms with Crippen molar-refractivity contribution in [3.05, 3.63) is 53.1 Å². The number of rotatable bonds is 3. The zero-order chi connectivity index (χ0) is 14.9. The molecule has 0 aromatic heterocycles. The Balaban J connectivity index is 2.35. The minimum absolute atomic E-state index is 0.117. The summed E-state index contributed by atoms with van der Waals surface area (Å²) in [6, 6.07) is 5.85. The number of allylic oxidation sites excluding steroid dienone is 2. The van der Waals surface area contributed by atoms with E-state index < -0.39 is 23.3 Å². The number of aromatic carboxylic acids is 1. The standard InChI is InChI=1S/C14H12O6/c15-12(16)9-3-1-8(2-4-9)10-5-6-11(13(17)18)14(19,20)7-10/h1-6,19-20H,7H2,(H,15,16)(H,17,18). The van der Waals surface area contributed by atoms with Crippen molar-refractivity contribution in [1.82, 2.24) is 0 Å². The van der Waals surface area contributed by atoms with Crippen molar-refractivity contribution in [2.24, 2.45) is 0 Å². The van der Waals surface area contributed by atoms with Crippen LogP contribution < -0.4 is 0 Å². The molecule has 0 heterocycles. The molecule has 0 saturated heterocycles. The van der Waals surface area contributed by atoms with Crippen LogP contribution in [0.5, 0.6) is 0 Å². The summed E-state index contributed by atoms with van der Waals surface area (Å²) < 4.78 is 0. The molecule has 0 saturated carbocycles. The summed E-state index contributed by atoms with van der Waals surface area (Å²) in [6.07, 6.45) is 2.33. The zero-order valence-electron chi connectivity index (χ0n) is 10.3. The number of carbonyl (C=O) groups is 2. The Bertz CT molecular complexity index is 622. The summed E-state index contributed by atoms with van der Waals surface area (Å²) in [5.74, 6) is -4.89. The van der Waals surface area contributed by atoms with Gasteiger partial charge in [0.15, 0.2) is 0 Å². The molecule has 0 bridgehead atoms. The molecule has 0 fully saturated rings. The van der Waals surface area contributed by atoms with Gasteiger partial charge in [0.2, 0.25) is 5.79 Å². The molecule has 4 N–H and O–H groups in total. The molecule has 1 aliphatic carbocycles. The first-order valence-corrected chi connectivity index (χ1v) is 5.74. The lowest BCUT2D eigenvalue weighted by atomic mass is 9.88. The van der Waals surface area contributed by atoms with Gasteiger partial charge in [-0.25, -0.2) is 9.59 Å². The second kappa shape index (κ2) is 4.92. The Labute approximate surface area is 113 Å². The van der Waals surface area contributed by atoms with Crippen molar-refractivity contribution < 1.29 is 30.0 Å². The van der Waals surface area contributed by atoms with Crippen LogP contribution in [0.3, 0.4) is 0 Å². The van der Waals surface area contributed by atoms with E-state index in [-0.39, 0.29) is 12.0 Å². The van der Waals surface area contributed by atoms with Gasteiger partial charge >= 0.3 is 11.9 Å². The molecule has 1 aromatic carbocycles. The molecule has 6 nitrogen and oxygen atoms in total. The second-order valence-corrected chi connectivity index (χ2v) is 4.45. The highest BCUT2D eigenvalue weighted by atomic mass is 16.5. The predicted molar refractivity (Wildman–Crippen MR) is 68.9 cm³/mol. The third kappa shape index (κ3) is 2.61. The van der Waals surface area contributed by atoms with Crippen LogP contribution >= 0.6 is 0 Å². The highest BCUT2D eigenvalue weighted by Crippen LogP contribution is 2.33. The number of carboxylic acid groups (broad SMARTS) is 2. The highest BCUT2D eigenvalue weighted by molar-refractivity contribution is 5.91. The first kappa shape index (κ1) is 14.0. The Morgan fingerprint density at radius 2 is 1.55 bits per heavy atom. The maximum atomic E-state index is 10.8. The van der Waals surface area contributed by atoms with Crippen LogP contribution in [0.25, 0.3) is 5.57 Å². The summed E-state index contributed by atoms with van der Waals surface area (Å²) in [6.45, 7) is 0. The SMILES string of the molecule is O=C(O)C1=CC=C(c2ccc(C(=O)O)cc2)CC1(O)O. The van der Waals surface area contributed by atoms with Gasteiger partial charge in [0.25, 0.3) is 0 Å². The Morgan fingerprint density at radius 3 is 2.00 bits per heavy atom. The van der Waals surface area contributed by atoms with Crippen molar-refractivity contribution in [1.29, 1.82) is 0 Å². The summed E-state index contributed by atoms with van der Waals surface area (Å²) in [4.78, 5) is 21.6. The minimum Gasteiger partial charge on any atom is -0.478 e. The topological polar surface area (TPSA) is 115 Å². The smallest absolute Gasteiger partial charge is 0.337 e. The first-order valence-electron chi connectivity index (χ1n) is 5.74. The fourth-order valence-corrected chi connectivity index (χ4v) is 2.00. The zero-order valence-corrected chi connectivity index (χ0v) is 10.3. The number of aliphatic hydroxyl groups is 2. The predicted octanol–water partition coefficient (Wildman–Crippen LogP) is 0.864. The molecule has 0 aliphatic heterocycles. The molecular weight excluding hydrogens is 264 g/mol. The third-order valence-electron chi connectivity index (χ3n) is 3.05. The molecule has 0 amide bonds. The summed E-state index contributed by atoms with van der Waals surface area (Å²) in [5, 5.41) is 37.1. The van der Waals surface area contributed by atoms with Crippen LogP contribution in [0, 0.1) is 0 Å². The molecule has 104 valence electrons. The Morgan fingerprint density at radius 1 is 0.950 bits per heavy atom. The Kier molecular flexibility index (Phi) is 3.44. The average Bonchev–Trinajstić information content (AvgIpc) is 2.37. The van der Waals surface area contributed by atoms with E-state index in [9.17, 15) is 19.8 Å². The van der Waals surface area contributed by atoms with Crippen LogP contribution in [0.2, 0.25) is 0 Å². The van der Waals surface area contributed by atoms with Gasteiger partial charge in [-0.3, -0.25) is 0 Å². The van der Waals surface area contributed by atoms with E-state index in [0.717, 1.165) is 6.08 Å². The van der Waals surface area contributed by atoms with Crippen LogP contribution in [0.1, 0.15) is 22.3 Å². The average molecular weight is 276 g/mol. The lowest BCUT2D eigenvalue weighted by molar-refractivity contribution is -0.152. The van der Waals surface area contributed by atoms with Crippen molar-refractivity contribution in [3.63, 3.8) is 0 Å². The summed E-state index contributed by atoms with van der Waals surface area (Å²) in [5.41, 5.74) is 0.731. The van der Waals surface area contributed by atoms with Gasteiger partial charge in [-0.05, 0) is 29.3 Å². The van der Waals surface area contributed by atoms with Gasteiger partial charge in [-0.15, -0.1) is 0 Å². The van der Waals surface area contributed by atoms with Crippen LogP contribution in [0.15, 0.2) is 42.0 Å². The van der Waals surface area contributed by atoms with Crippen molar-refractivity contribution in [2.75, 3.05) is 0 Å². The minimum atomic E-state index is -2.44. The van der Waals surface area contributed by atoms with E-state index in [4.69, 9.17) is 10.2 Å². The van der Waals surface area contributed by atoms with Gasteiger partial charge in [-0.1, -0.05) is 18.2 Å². The first-order chi connectivity index (χ1) is 9.31. The van der Waals surface area contributed by atoms with Crippen LogP contribution in [0.4, 0.5) is 0 Å². The van der Waals surface area contributed by atoms with Crippen molar-refractivity contribution in [3.8, 4) is 0 Å². The second-order valence-electron chi connectivity index (χ2n) is 4.45. The third-order valence-corrected chi connectivity index (χ3v) is 3.05. The molecule has 0 radical (unpaired) electrons. The molecule has 2 rings (SSSR count). The van der Waals surface area contributed by atoms with E-state index in [0.29, 0.717) is 11.1 Å². The fraction of sp³-hybridized carbons (Fsp3) is 0.143. The number of carboxylic acids is 2. The van der Waals surface area contributed by atoms with E-state index in [1.807, 2.05) is 0 Å². The summed E-state index contributed by atoms with van der Waals surface area (Å²) in [7, 11) is 0. The van der Waals surface area contributed by atoms with E-state index in [1.54, 1.807) is 0 Å². The molecule has 1 aliphatic rings. The maximum Gasteiger partial charge on any atom is 0.337 e. The molecule has 1 aromatic rings. The van der Waals surface area contributed by atoms with E-state index in [1.165, 1.54) is 30.3 Å². The normalized spacial score (nSPS) is 17.1. The Hall–Kier alpha value is -2.44. The lowest BCUT2D eigenvalue weighted by Crippen LogP contribution is -2.36. The molecule has 0 spiro atoms.